The van der Waals surface area contributed by atoms with Crippen LogP contribution in [0.25, 0.3) is 16.6 Å². The predicted molar refractivity (Wildman–Crippen MR) is 118 cm³/mol. The summed E-state index contributed by atoms with van der Waals surface area (Å²) in [6.45, 7) is -0.549. The fourth-order valence-corrected chi connectivity index (χ4v) is 3.21. The highest BCUT2D eigenvalue weighted by Gasteiger charge is 2.20. The molecule has 0 saturated carbocycles. The second-order valence-corrected chi connectivity index (χ2v) is 6.85. The summed E-state index contributed by atoms with van der Waals surface area (Å²) in [5.41, 5.74) is 1.89. The first-order valence-electron chi connectivity index (χ1n) is 9.71. The van der Waals surface area contributed by atoms with Crippen molar-refractivity contribution in [3.05, 3.63) is 107 Å². The summed E-state index contributed by atoms with van der Waals surface area (Å²) in [5.74, 6) is -1.40. The predicted octanol–water partition coefficient (Wildman–Crippen LogP) is 4.44. The summed E-state index contributed by atoms with van der Waals surface area (Å²) < 4.78 is 5.20. The molecule has 0 radical (unpaired) electrons. The standard InChI is InChI=1S/C25H17N3O4/c26-14-19(24-27-20-12-6-7-13-21(20)28-24)22(29)15-32-25(31)18-11-5-4-10-17(18)23(30)16-8-2-1-3-9-16/h1-13,29H,15H2,(H,27,28). The number of aliphatic hydroxyl groups is 1. The van der Waals surface area contributed by atoms with Gasteiger partial charge in [-0.15, -0.1) is 0 Å². The molecule has 0 atom stereocenters. The molecule has 7 nitrogen and oxygen atoms in total. The summed E-state index contributed by atoms with van der Waals surface area (Å²) in [7, 11) is 0. The zero-order chi connectivity index (χ0) is 22.5. The van der Waals surface area contributed by atoms with Gasteiger partial charge in [-0.3, -0.25) is 4.79 Å². The Morgan fingerprint density at radius 1 is 0.938 bits per heavy atom. The third-order valence-electron chi connectivity index (χ3n) is 4.79. The van der Waals surface area contributed by atoms with Crippen molar-refractivity contribution in [1.82, 2.24) is 9.97 Å². The lowest BCUT2D eigenvalue weighted by atomic mass is 9.98. The van der Waals surface area contributed by atoms with Gasteiger partial charge >= 0.3 is 5.97 Å². The van der Waals surface area contributed by atoms with E-state index in [-0.39, 0.29) is 28.3 Å². The van der Waals surface area contributed by atoms with Crippen molar-refractivity contribution in [2.75, 3.05) is 6.61 Å². The number of aromatic nitrogens is 2. The van der Waals surface area contributed by atoms with Crippen LogP contribution in [0.5, 0.6) is 0 Å². The highest BCUT2D eigenvalue weighted by Crippen LogP contribution is 2.20. The lowest BCUT2D eigenvalue weighted by Crippen LogP contribution is -2.14. The molecular weight excluding hydrogens is 406 g/mol. The Hall–Kier alpha value is -4.70. The molecule has 0 aliphatic rings. The van der Waals surface area contributed by atoms with E-state index in [9.17, 15) is 20.0 Å². The number of fused-ring (bicyclic) bond motifs is 1. The van der Waals surface area contributed by atoms with Gasteiger partial charge in [-0.1, -0.05) is 60.7 Å². The van der Waals surface area contributed by atoms with Crippen molar-refractivity contribution in [1.29, 1.82) is 5.26 Å². The number of nitrogens with one attached hydrogen (secondary N) is 1. The van der Waals surface area contributed by atoms with Gasteiger partial charge in [-0.2, -0.15) is 5.26 Å². The molecule has 3 aromatic carbocycles. The molecule has 156 valence electrons. The number of benzene rings is 3. The Bertz CT molecular complexity index is 1350. The molecule has 2 N–H and O–H groups in total. The van der Waals surface area contributed by atoms with Crippen LogP contribution in [0.3, 0.4) is 0 Å². The Kier molecular flexibility index (Phi) is 5.77. The molecule has 7 heteroatoms. The van der Waals surface area contributed by atoms with E-state index in [4.69, 9.17) is 4.74 Å². The number of aliphatic hydroxyl groups excluding tert-OH is 1. The number of rotatable bonds is 6. The fraction of sp³-hybridized carbons (Fsp3) is 0.0400. The van der Waals surface area contributed by atoms with Crippen LogP contribution < -0.4 is 0 Å². The van der Waals surface area contributed by atoms with E-state index in [0.717, 1.165) is 0 Å². The summed E-state index contributed by atoms with van der Waals surface area (Å²) in [6, 6.07) is 23.9. The van der Waals surface area contributed by atoms with E-state index in [2.05, 4.69) is 9.97 Å². The first-order chi connectivity index (χ1) is 15.6. The Morgan fingerprint density at radius 2 is 1.59 bits per heavy atom. The summed E-state index contributed by atoms with van der Waals surface area (Å²) >= 11 is 0. The lowest BCUT2D eigenvalue weighted by Gasteiger charge is -2.09. The number of H-pyrrole nitrogens is 1. The zero-order valence-electron chi connectivity index (χ0n) is 16.8. The molecule has 0 spiro atoms. The number of hydrogen-bond acceptors (Lipinski definition) is 6. The van der Waals surface area contributed by atoms with Crippen molar-refractivity contribution in [2.45, 2.75) is 0 Å². The minimum Gasteiger partial charge on any atom is -0.507 e. The third kappa shape index (κ3) is 4.11. The summed E-state index contributed by atoms with van der Waals surface area (Å²) in [4.78, 5) is 32.7. The summed E-state index contributed by atoms with van der Waals surface area (Å²) in [5, 5.41) is 19.9. The van der Waals surface area contributed by atoms with Crippen molar-refractivity contribution in [3.8, 4) is 6.07 Å². The quantitative estimate of drug-likeness (QED) is 0.205. The van der Waals surface area contributed by atoms with Crippen LogP contribution in [0.15, 0.2) is 84.6 Å². The minimum absolute atomic E-state index is 0.0661. The highest BCUT2D eigenvalue weighted by atomic mass is 16.5. The van der Waals surface area contributed by atoms with Gasteiger partial charge in [0.15, 0.2) is 17.4 Å². The normalized spacial score (nSPS) is 11.5. The Balaban J connectivity index is 1.56. The van der Waals surface area contributed by atoms with Crippen LogP contribution in [0.4, 0.5) is 0 Å². The number of aromatic amines is 1. The number of allylic oxidation sites excluding steroid dienone is 1. The highest BCUT2D eigenvalue weighted by molar-refractivity contribution is 6.14. The van der Waals surface area contributed by atoms with Crippen molar-refractivity contribution in [3.63, 3.8) is 0 Å². The number of hydrogen-bond donors (Lipinski definition) is 2. The average molecular weight is 423 g/mol. The van der Waals surface area contributed by atoms with E-state index in [1.54, 1.807) is 60.7 Å². The number of para-hydroxylation sites is 2. The number of ether oxygens (including phenoxy) is 1. The van der Waals surface area contributed by atoms with Crippen LogP contribution >= 0.6 is 0 Å². The second-order valence-electron chi connectivity index (χ2n) is 6.85. The van der Waals surface area contributed by atoms with E-state index in [1.165, 1.54) is 12.1 Å². The van der Waals surface area contributed by atoms with Gasteiger partial charge in [-0.25, -0.2) is 9.78 Å². The van der Waals surface area contributed by atoms with Gasteiger partial charge in [-0.05, 0) is 18.2 Å². The van der Waals surface area contributed by atoms with E-state index in [1.807, 2.05) is 12.1 Å². The number of imidazole rings is 1. The van der Waals surface area contributed by atoms with Crippen LogP contribution in [-0.4, -0.2) is 33.4 Å². The zero-order valence-corrected chi connectivity index (χ0v) is 16.8. The second kappa shape index (κ2) is 8.98. The van der Waals surface area contributed by atoms with Gasteiger partial charge in [0.1, 0.15) is 18.2 Å². The number of ketones is 1. The number of carbonyl (C=O) groups is 2. The van der Waals surface area contributed by atoms with Gasteiger partial charge in [0.25, 0.3) is 0 Å². The first-order valence-corrected chi connectivity index (χ1v) is 9.71. The maximum absolute atomic E-state index is 12.8. The van der Waals surface area contributed by atoms with Gasteiger partial charge in [0.2, 0.25) is 0 Å². The molecule has 0 saturated heterocycles. The third-order valence-corrected chi connectivity index (χ3v) is 4.79. The average Bonchev–Trinajstić information content (AvgIpc) is 3.26. The van der Waals surface area contributed by atoms with Crippen molar-refractivity contribution < 1.29 is 19.4 Å². The van der Waals surface area contributed by atoms with Gasteiger partial charge < -0.3 is 14.8 Å². The largest absolute Gasteiger partial charge is 0.507 e. The SMILES string of the molecule is N#CC(=C(O)COC(=O)c1ccccc1C(=O)c1ccccc1)c1nc2ccccc2[nH]1. The smallest absolute Gasteiger partial charge is 0.339 e. The lowest BCUT2D eigenvalue weighted by molar-refractivity contribution is 0.0500. The van der Waals surface area contributed by atoms with Crippen LogP contribution in [0.1, 0.15) is 32.1 Å². The maximum atomic E-state index is 12.8. The van der Waals surface area contributed by atoms with E-state index in [0.29, 0.717) is 16.6 Å². The van der Waals surface area contributed by atoms with Crippen LogP contribution in [0, 0.1) is 11.3 Å². The topological polar surface area (TPSA) is 116 Å². The molecule has 1 heterocycles. The molecular formula is C25H17N3O4. The fourth-order valence-electron chi connectivity index (χ4n) is 3.21. The monoisotopic (exact) mass is 423 g/mol. The molecule has 1 aromatic heterocycles. The van der Waals surface area contributed by atoms with Crippen molar-refractivity contribution >= 4 is 28.4 Å². The first kappa shape index (κ1) is 20.6. The number of nitriles is 1. The number of esters is 1. The maximum Gasteiger partial charge on any atom is 0.339 e. The Labute approximate surface area is 183 Å². The van der Waals surface area contributed by atoms with Crippen LogP contribution in [0.2, 0.25) is 0 Å². The minimum atomic E-state index is -0.793. The van der Waals surface area contributed by atoms with Crippen LogP contribution in [-0.2, 0) is 4.74 Å². The van der Waals surface area contributed by atoms with Crippen molar-refractivity contribution in [2.24, 2.45) is 0 Å². The molecule has 0 aliphatic carbocycles. The number of nitrogens with zero attached hydrogens (tertiary/aromatic N) is 2. The summed E-state index contributed by atoms with van der Waals surface area (Å²) in [6.07, 6.45) is 0. The van der Waals surface area contributed by atoms with Gasteiger partial charge in [0.05, 0.1) is 16.6 Å². The van der Waals surface area contributed by atoms with Gasteiger partial charge in [0, 0.05) is 11.1 Å². The number of carbonyl (C=O) groups excluding carboxylic acids is 2. The molecule has 0 aliphatic heterocycles. The molecule has 0 amide bonds. The molecule has 4 aromatic rings. The molecule has 4 rings (SSSR count). The molecule has 0 bridgehead atoms. The Morgan fingerprint density at radius 3 is 2.31 bits per heavy atom. The molecule has 32 heavy (non-hydrogen) atoms. The van der Waals surface area contributed by atoms with E-state index >= 15 is 0 Å². The molecule has 0 fully saturated rings. The molecule has 0 unspecified atom stereocenters. The van der Waals surface area contributed by atoms with E-state index < -0.39 is 18.3 Å².